The number of hydrazone groups is 1. The van der Waals surface area contributed by atoms with E-state index in [9.17, 15) is 4.79 Å². The highest BCUT2D eigenvalue weighted by Gasteiger charge is 2.43. The second-order valence-corrected chi connectivity index (χ2v) is 9.34. The number of likely N-dealkylation sites (N-methyl/N-ethyl adjacent to an activating group) is 1. The molecular weight excluding hydrogens is 481 g/mol. The summed E-state index contributed by atoms with van der Waals surface area (Å²) in [7, 11) is 1.67. The predicted octanol–water partition coefficient (Wildman–Crippen LogP) is 6.64. The van der Waals surface area contributed by atoms with Gasteiger partial charge >= 0.3 is 0 Å². The van der Waals surface area contributed by atoms with Gasteiger partial charge in [0.05, 0.1) is 17.2 Å². The number of hydrogen-bond acceptors (Lipinski definition) is 4. The van der Waals surface area contributed by atoms with Crippen molar-refractivity contribution < 1.29 is 9.53 Å². The highest BCUT2D eigenvalue weighted by Crippen LogP contribution is 2.50. The number of anilines is 1. The van der Waals surface area contributed by atoms with E-state index < -0.39 is 5.41 Å². The third-order valence-corrected chi connectivity index (χ3v) is 7.05. The lowest BCUT2D eigenvalue weighted by Gasteiger charge is -2.30. The van der Waals surface area contributed by atoms with Crippen LogP contribution in [-0.2, 0) is 11.8 Å². The number of carbonyl (C=O) groups is 1. The average Bonchev–Trinajstić information content (AvgIpc) is 3.10. The minimum Gasteiger partial charge on any atom is -0.497 e. The fourth-order valence-electron chi connectivity index (χ4n) is 4.60. The van der Waals surface area contributed by atoms with E-state index in [-0.39, 0.29) is 5.91 Å². The number of rotatable bonds is 7. The lowest BCUT2D eigenvalue weighted by molar-refractivity contribution is 0.0955. The molecule has 1 atom stereocenters. The summed E-state index contributed by atoms with van der Waals surface area (Å²) in [6.07, 6.45) is 4.28. The van der Waals surface area contributed by atoms with Gasteiger partial charge in [-0.25, -0.2) is 5.43 Å². The molecule has 0 aromatic heterocycles. The number of ether oxygens (including phenoxy) is 1. The van der Waals surface area contributed by atoms with E-state index in [1.807, 2.05) is 48.5 Å². The van der Waals surface area contributed by atoms with Crippen molar-refractivity contribution in [2.75, 3.05) is 18.6 Å². The maximum absolute atomic E-state index is 12.3. The Kier molecular flexibility index (Phi) is 7.48. The molecule has 7 heteroatoms. The van der Waals surface area contributed by atoms with E-state index in [4.69, 9.17) is 27.9 Å². The van der Waals surface area contributed by atoms with E-state index >= 15 is 0 Å². The van der Waals surface area contributed by atoms with Gasteiger partial charge in [-0.1, -0.05) is 47.5 Å². The Labute approximate surface area is 216 Å². The summed E-state index contributed by atoms with van der Waals surface area (Å²) < 4.78 is 5.54. The van der Waals surface area contributed by atoms with Gasteiger partial charge in [0.15, 0.2) is 0 Å². The Bertz CT molecular complexity index is 1290. The van der Waals surface area contributed by atoms with E-state index in [0.717, 1.165) is 34.8 Å². The minimum absolute atomic E-state index is 0.259. The van der Waals surface area contributed by atoms with Crippen molar-refractivity contribution in [3.8, 4) is 5.75 Å². The van der Waals surface area contributed by atoms with Gasteiger partial charge in [0.2, 0.25) is 0 Å². The lowest BCUT2D eigenvalue weighted by Crippen LogP contribution is -2.31. The molecule has 1 aliphatic heterocycles. The summed E-state index contributed by atoms with van der Waals surface area (Å²) in [5, 5.41) is 5.24. The number of hydrogen-bond donors (Lipinski definition) is 1. The molecule has 0 fully saturated rings. The fourth-order valence-corrected chi connectivity index (χ4v) is 4.92. The zero-order valence-electron chi connectivity index (χ0n) is 19.9. The minimum atomic E-state index is -0.396. The molecule has 1 heterocycles. The molecule has 180 valence electrons. The Morgan fingerprint density at radius 3 is 2.54 bits per heavy atom. The maximum atomic E-state index is 12.3. The topological polar surface area (TPSA) is 53.9 Å². The van der Waals surface area contributed by atoms with E-state index in [2.05, 4.69) is 41.4 Å². The zero-order valence-corrected chi connectivity index (χ0v) is 21.4. The number of benzene rings is 3. The Balaban J connectivity index is 1.70. The third kappa shape index (κ3) is 5.07. The molecule has 1 amide bonds. The van der Waals surface area contributed by atoms with Crippen LogP contribution >= 0.6 is 23.2 Å². The van der Waals surface area contributed by atoms with Crippen molar-refractivity contribution in [3.63, 3.8) is 0 Å². The van der Waals surface area contributed by atoms with Crippen molar-refractivity contribution >= 4 is 41.0 Å². The van der Waals surface area contributed by atoms with Crippen LogP contribution in [0.25, 0.3) is 0 Å². The van der Waals surface area contributed by atoms with Crippen LogP contribution in [-0.4, -0.2) is 25.8 Å². The van der Waals surface area contributed by atoms with Gasteiger partial charge in [-0.2, -0.15) is 5.10 Å². The van der Waals surface area contributed by atoms with E-state index in [1.54, 1.807) is 25.5 Å². The molecule has 1 N–H and O–H groups in total. The molecule has 5 nitrogen and oxygen atoms in total. The summed E-state index contributed by atoms with van der Waals surface area (Å²) in [6, 6.07) is 20.9. The molecule has 4 rings (SSSR count). The van der Waals surface area contributed by atoms with Crippen LogP contribution in [0.4, 0.5) is 5.69 Å². The number of fused-ring (bicyclic) bond motifs is 1. The second-order valence-electron chi connectivity index (χ2n) is 8.52. The number of allylic oxidation sites excluding steroid dienone is 2. The normalized spacial score (nSPS) is 18.2. The number of nitrogens with one attached hydrogen (secondary N) is 1. The first-order chi connectivity index (χ1) is 16.9. The van der Waals surface area contributed by atoms with Crippen molar-refractivity contribution in [3.05, 3.63) is 105 Å². The largest absolute Gasteiger partial charge is 0.497 e. The van der Waals surface area contributed by atoms with Gasteiger partial charge in [0, 0.05) is 35.1 Å². The molecule has 0 bridgehead atoms. The summed E-state index contributed by atoms with van der Waals surface area (Å²) in [4.78, 5) is 14.6. The highest BCUT2D eigenvalue weighted by molar-refractivity contribution is 6.42. The van der Waals surface area contributed by atoms with Gasteiger partial charge in [-0.15, -0.1) is 0 Å². The van der Waals surface area contributed by atoms with Crippen LogP contribution in [0, 0.1) is 0 Å². The number of nitrogens with zero attached hydrogens (tertiary/aromatic N) is 2. The average molecular weight is 508 g/mol. The maximum Gasteiger partial charge on any atom is 0.271 e. The van der Waals surface area contributed by atoms with Gasteiger partial charge in [0.25, 0.3) is 5.91 Å². The van der Waals surface area contributed by atoms with Crippen LogP contribution in [0.3, 0.4) is 0 Å². The summed E-state index contributed by atoms with van der Waals surface area (Å²) in [5.41, 5.74) is 7.15. The SMILES string of the molecule is CCN1/C(=C\C=N\NC(=O)c2ccccc2)C(C)(Cc2ccc(Cl)c(Cl)c2)c2cc(OC)ccc21. The van der Waals surface area contributed by atoms with Crippen LogP contribution in [0.2, 0.25) is 10.0 Å². The first-order valence-corrected chi connectivity index (χ1v) is 12.1. The van der Waals surface area contributed by atoms with Crippen molar-refractivity contribution in [1.29, 1.82) is 0 Å². The standard InChI is InChI=1S/C28H27Cl2N3O2/c1-4-33-25-13-11-21(35-3)17-22(25)28(2,18-19-10-12-23(29)24(30)16-19)26(33)14-15-31-32-27(34)20-8-6-5-7-9-20/h5-17H,4,18H2,1-3H3,(H,32,34)/b26-14-,31-15+. The number of halogens is 2. The van der Waals surface area contributed by atoms with Gasteiger partial charge in [0.1, 0.15) is 5.75 Å². The van der Waals surface area contributed by atoms with E-state index in [1.165, 1.54) is 0 Å². The molecule has 1 unspecified atom stereocenters. The van der Waals surface area contributed by atoms with Crippen LogP contribution in [0.15, 0.2) is 83.6 Å². The number of methoxy groups -OCH3 is 1. The highest BCUT2D eigenvalue weighted by atomic mass is 35.5. The summed E-state index contributed by atoms with van der Waals surface area (Å²) in [5.74, 6) is 0.538. The van der Waals surface area contributed by atoms with Gasteiger partial charge in [-0.05, 0) is 79.9 Å². The second kappa shape index (κ2) is 10.5. The van der Waals surface area contributed by atoms with Crippen molar-refractivity contribution in [2.24, 2.45) is 5.10 Å². The summed E-state index contributed by atoms with van der Waals surface area (Å²) in [6.45, 7) is 5.08. The van der Waals surface area contributed by atoms with Crippen molar-refractivity contribution in [2.45, 2.75) is 25.7 Å². The fraction of sp³-hybridized carbons (Fsp3) is 0.214. The third-order valence-electron chi connectivity index (χ3n) is 6.31. The molecule has 3 aromatic rings. The monoisotopic (exact) mass is 507 g/mol. The molecule has 0 saturated heterocycles. The molecule has 35 heavy (non-hydrogen) atoms. The van der Waals surface area contributed by atoms with Crippen molar-refractivity contribution in [1.82, 2.24) is 5.43 Å². The molecule has 0 saturated carbocycles. The smallest absolute Gasteiger partial charge is 0.271 e. The first kappa shape index (κ1) is 24.8. The molecule has 0 aliphatic carbocycles. The Morgan fingerprint density at radius 2 is 1.86 bits per heavy atom. The van der Waals surface area contributed by atoms with Crippen LogP contribution < -0.4 is 15.1 Å². The molecule has 0 radical (unpaired) electrons. The first-order valence-electron chi connectivity index (χ1n) is 11.4. The molecule has 1 aliphatic rings. The van der Waals surface area contributed by atoms with E-state index in [0.29, 0.717) is 22.0 Å². The Hall–Kier alpha value is -3.28. The summed E-state index contributed by atoms with van der Waals surface area (Å²) >= 11 is 12.5. The quantitative estimate of drug-likeness (QED) is 0.288. The predicted molar refractivity (Wildman–Crippen MR) is 144 cm³/mol. The van der Waals surface area contributed by atoms with Gasteiger partial charge in [-0.3, -0.25) is 4.79 Å². The zero-order chi connectivity index (χ0) is 25.0. The van der Waals surface area contributed by atoms with Crippen LogP contribution in [0.1, 0.15) is 35.3 Å². The number of amides is 1. The Morgan fingerprint density at radius 1 is 1.09 bits per heavy atom. The molecule has 3 aromatic carbocycles. The lowest BCUT2D eigenvalue weighted by atomic mass is 9.76. The van der Waals surface area contributed by atoms with Crippen LogP contribution in [0.5, 0.6) is 5.75 Å². The molecule has 0 spiro atoms. The van der Waals surface area contributed by atoms with Gasteiger partial charge < -0.3 is 9.64 Å². The molecular formula is C28H27Cl2N3O2. The number of carbonyl (C=O) groups excluding carboxylic acids is 1.